The van der Waals surface area contributed by atoms with Crippen LogP contribution in [0.2, 0.25) is 0 Å². The topological polar surface area (TPSA) is 162 Å². The van der Waals surface area contributed by atoms with Crippen molar-refractivity contribution in [2.24, 2.45) is 5.92 Å². The molecule has 12 nitrogen and oxygen atoms in total. The number of nitrogen functional groups attached to an aromatic ring is 1. The van der Waals surface area contributed by atoms with Crippen molar-refractivity contribution in [2.45, 2.75) is 102 Å². The van der Waals surface area contributed by atoms with E-state index in [-0.39, 0.29) is 22.8 Å². The van der Waals surface area contributed by atoms with Gasteiger partial charge in [-0.25, -0.2) is 9.97 Å². The van der Waals surface area contributed by atoms with Gasteiger partial charge in [-0.2, -0.15) is 9.55 Å². The summed E-state index contributed by atoms with van der Waals surface area (Å²) in [5.74, 6) is 1.75. The molecule has 0 radical (unpaired) electrons. The van der Waals surface area contributed by atoms with Crippen LogP contribution in [0.5, 0.6) is 0 Å². The molecule has 2 fully saturated rings. The first kappa shape index (κ1) is 28.8. The van der Waals surface area contributed by atoms with Gasteiger partial charge in [-0.15, -0.1) is 0 Å². The Morgan fingerprint density at radius 3 is 2.67 bits per heavy atom. The normalized spacial score (nSPS) is 26.6. The zero-order valence-corrected chi connectivity index (χ0v) is 25.0. The minimum atomic E-state index is -1.20. The van der Waals surface area contributed by atoms with Crippen LogP contribution in [-0.4, -0.2) is 81.8 Å². The summed E-state index contributed by atoms with van der Waals surface area (Å²) in [6, 6.07) is 7.14. The third kappa shape index (κ3) is 5.21. The van der Waals surface area contributed by atoms with E-state index in [9.17, 15) is 15.4 Å². The lowest BCUT2D eigenvalue weighted by Crippen LogP contribution is -2.52. The highest BCUT2D eigenvalue weighted by Crippen LogP contribution is 2.38. The van der Waals surface area contributed by atoms with E-state index in [0.717, 1.165) is 47.3 Å². The number of benzene rings is 1. The molecule has 4 atom stereocenters. The number of ether oxygens (including phenoxy) is 1. The molecule has 1 aliphatic carbocycles. The van der Waals surface area contributed by atoms with Crippen molar-refractivity contribution in [2.75, 3.05) is 12.3 Å². The molecule has 0 amide bonds. The van der Waals surface area contributed by atoms with Crippen LogP contribution in [0.25, 0.3) is 22.2 Å². The van der Waals surface area contributed by atoms with E-state index in [1.165, 1.54) is 22.8 Å². The van der Waals surface area contributed by atoms with E-state index in [1.807, 2.05) is 0 Å². The van der Waals surface area contributed by atoms with E-state index < -0.39 is 24.5 Å². The number of aryl methyl sites for hydroxylation is 1. The molecular weight excluding hydrogens is 536 g/mol. The number of hydrogen-bond donors (Lipinski definition) is 5. The highest BCUT2D eigenvalue weighted by atomic mass is 16.6. The SMILES string of the molecule is CC(C)N(C[C@H]1O[C@@H](n2c[n+](O)c3c(N)ncnc32)[C@H](O)[C@@H]1O)[C@H]1C[C@H](CCc2nc3cc(C(C)(C)C)ccc3[nH]2)C1. The average molecular weight is 580 g/mol. The second-order valence-corrected chi connectivity index (χ2v) is 13.3. The minimum absolute atomic E-state index is 0.0945. The first-order chi connectivity index (χ1) is 19.9. The maximum atomic E-state index is 11.0. The summed E-state index contributed by atoms with van der Waals surface area (Å²) in [5, 5.41) is 32.2. The first-order valence-electron chi connectivity index (χ1n) is 14.9. The maximum absolute atomic E-state index is 11.0. The number of nitrogens with zero attached hydrogens (tertiary/aromatic N) is 6. The van der Waals surface area contributed by atoms with Gasteiger partial charge in [0.25, 0.3) is 17.5 Å². The van der Waals surface area contributed by atoms with E-state index >= 15 is 0 Å². The number of fused-ring (bicyclic) bond motifs is 2. The van der Waals surface area contributed by atoms with Crippen LogP contribution in [0.3, 0.4) is 0 Å². The zero-order chi connectivity index (χ0) is 29.9. The molecule has 1 saturated heterocycles. The molecule has 226 valence electrons. The molecule has 1 aliphatic heterocycles. The number of aliphatic hydroxyl groups excluding tert-OH is 2. The van der Waals surface area contributed by atoms with Gasteiger partial charge in [0.15, 0.2) is 5.82 Å². The number of aromatic amines is 1. The van der Waals surface area contributed by atoms with Gasteiger partial charge in [-0.05, 0) is 66.9 Å². The van der Waals surface area contributed by atoms with Gasteiger partial charge in [0.2, 0.25) is 6.23 Å². The monoisotopic (exact) mass is 579 g/mol. The van der Waals surface area contributed by atoms with Crippen molar-refractivity contribution < 1.29 is 24.9 Å². The fourth-order valence-corrected chi connectivity index (χ4v) is 6.50. The van der Waals surface area contributed by atoms with E-state index in [4.69, 9.17) is 15.5 Å². The van der Waals surface area contributed by atoms with Crippen LogP contribution in [0, 0.1) is 5.92 Å². The molecule has 42 heavy (non-hydrogen) atoms. The van der Waals surface area contributed by atoms with Crippen molar-refractivity contribution in [3.8, 4) is 0 Å². The smallest absolute Gasteiger partial charge is 0.289 e. The van der Waals surface area contributed by atoms with Gasteiger partial charge in [0.05, 0.1) is 11.0 Å². The number of anilines is 1. The van der Waals surface area contributed by atoms with Crippen LogP contribution in [0.15, 0.2) is 30.9 Å². The summed E-state index contributed by atoms with van der Waals surface area (Å²) in [5.41, 5.74) is 9.93. The molecule has 0 unspecified atom stereocenters. The fourth-order valence-electron chi connectivity index (χ4n) is 6.50. The molecule has 3 aromatic heterocycles. The second kappa shape index (κ2) is 10.7. The Balaban J connectivity index is 1.07. The lowest BCUT2D eigenvalue weighted by molar-refractivity contribution is -0.885. The summed E-state index contributed by atoms with van der Waals surface area (Å²) in [6.07, 6.45) is 2.93. The Kier molecular flexibility index (Phi) is 7.37. The van der Waals surface area contributed by atoms with Crippen molar-refractivity contribution >= 4 is 28.0 Å². The maximum Gasteiger partial charge on any atom is 0.289 e. The molecule has 0 spiro atoms. The molecular formula is C30H43N8O4+. The molecule has 0 bridgehead atoms. The van der Waals surface area contributed by atoms with Gasteiger partial charge in [-0.3, -0.25) is 4.90 Å². The number of hydrogen-bond acceptors (Lipinski definition) is 9. The number of aliphatic hydroxyl groups is 2. The second-order valence-electron chi connectivity index (χ2n) is 13.3. The Morgan fingerprint density at radius 1 is 1.19 bits per heavy atom. The van der Waals surface area contributed by atoms with E-state index in [2.05, 4.69) is 72.7 Å². The van der Waals surface area contributed by atoms with Gasteiger partial charge in [-0.1, -0.05) is 26.8 Å². The van der Waals surface area contributed by atoms with Crippen LogP contribution in [0.4, 0.5) is 5.82 Å². The van der Waals surface area contributed by atoms with E-state index in [1.54, 1.807) is 0 Å². The number of rotatable bonds is 8. The van der Waals surface area contributed by atoms with Crippen molar-refractivity contribution in [3.63, 3.8) is 0 Å². The standard InChI is InChI=1S/C30H43N8O4/c1-16(2)36(13-22-25(39)26(40)29(42-22)37-15-38(41)24-27(31)32-14-33-28(24)37)19-10-17(11-19)6-9-23-34-20-8-7-18(30(3,4)5)12-21(20)35-23/h7-8,12,14-17,19,22,25-26,29,39-41H,6,9-11,13H2,1-5H3,(H,34,35)(H2,31,32,33)/q+1/t17-,19-,22-,25-,26-,29-/m1/s1. The zero-order valence-electron chi connectivity index (χ0n) is 25.0. The highest BCUT2D eigenvalue weighted by molar-refractivity contribution is 5.77. The molecule has 6 rings (SSSR count). The molecule has 4 heterocycles. The lowest BCUT2D eigenvalue weighted by Gasteiger charge is -2.46. The molecule has 1 aromatic carbocycles. The molecule has 2 aliphatic rings. The summed E-state index contributed by atoms with van der Waals surface area (Å²) < 4.78 is 8.50. The van der Waals surface area contributed by atoms with E-state index in [0.29, 0.717) is 24.2 Å². The minimum Gasteiger partial charge on any atom is -0.387 e. The predicted molar refractivity (Wildman–Crippen MR) is 157 cm³/mol. The summed E-state index contributed by atoms with van der Waals surface area (Å²) in [7, 11) is 0. The third-order valence-corrected chi connectivity index (χ3v) is 9.07. The quantitative estimate of drug-likeness (QED) is 0.156. The number of H-pyrrole nitrogens is 1. The molecule has 1 saturated carbocycles. The number of imidazole rings is 2. The largest absolute Gasteiger partial charge is 0.387 e. The van der Waals surface area contributed by atoms with Gasteiger partial charge < -0.3 is 30.9 Å². The highest BCUT2D eigenvalue weighted by Gasteiger charge is 2.49. The molecule has 6 N–H and O–H groups in total. The fraction of sp³-hybridized carbons (Fsp3) is 0.600. The van der Waals surface area contributed by atoms with Gasteiger partial charge in [0.1, 0.15) is 30.5 Å². The Labute approximate surface area is 245 Å². The van der Waals surface area contributed by atoms with Gasteiger partial charge >= 0.3 is 0 Å². The van der Waals surface area contributed by atoms with Crippen molar-refractivity contribution in [3.05, 3.63) is 42.2 Å². The van der Waals surface area contributed by atoms with Crippen molar-refractivity contribution in [1.82, 2.24) is 29.4 Å². The Bertz CT molecular complexity index is 1570. The predicted octanol–water partition coefficient (Wildman–Crippen LogP) is 2.45. The van der Waals surface area contributed by atoms with Crippen LogP contribution in [0.1, 0.15) is 71.5 Å². The summed E-state index contributed by atoms with van der Waals surface area (Å²) >= 11 is 0. The molecule has 12 heteroatoms. The summed E-state index contributed by atoms with van der Waals surface area (Å²) in [6.45, 7) is 11.4. The van der Waals surface area contributed by atoms with Crippen LogP contribution < -0.4 is 10.5 Å². The van der Waals surface area contributed by atoms with Crippen molar-refractivity contribution in [1.29, 1.82) is 0 Å². The molecule has 4 aromatic rings. The van der Waals surface area contributed by atoms with Crippen LogP contribution >= 0.6 is 0 Å². The van der Waals surface area contributed by atoms with Gasteiger partial charge in [0, 0.05) is 25.0 Å². The average Bonchev–Trinajstić information content (AvgIpc) is 3.55. The number of aromatic nitrogens is 6. The Hall–Kier alpha value is -3.32. The number of nitrogens with two attached hydrogens (primary N) is 1. The number of nitrogens with one attached hydrogen (secondary N) is 1. The Morgan fingerprint density at radius 2 is 1.95 bits per heavy atom. The lowest BCUT2D eigenvalue weighted by atomic mass is 9.76. The summed E-state index contributed by atoms with van der Waals surface area (Å²) in [4.78, 5) is 18.9. The first-order valence-corrected chi connectivity index (χ1v) is 14.9. The van der Waals surface area contributed by atoms with Crippen LogP contribution in [-0.2, 0) is 16.6 Å². The third-order valence-electron chi connectivity index (χ3n) is 9.07.